The minimum Gasteiger partial charge on any atom is -0.497 e. The van der Waals surface area contributed by atoms with Gasteiger partial charge in [0.05, 0.1) is 12.6 Å². The van der Waals surface area contributed by atoms with Crippen molar-refractivity contribution >= 4 is 16.7 Å². The van der Waals surface area contributed by atoms with Crippen LogP contribution in [-0.4, -0.2) is 30.1 Å². The second kappa shape index (κ2) is 6.28. The highest BCUT2D eigenvalue weighted by Gasteiger charge is 2.14. The van der Waals surface area contributed by atoms with Gasteiger partial charge in [-0.2, -0.15) is 0 Å². The zero-order valence-electron chi connectivity index (χ0n) is 12.4. The molecule has 0 aliphatic carbocycles. The first kappa shape index (κ1) is 14.1. The number of ether oxygens (including phenoxy) is 1. The van der Waals surface area contributed by atoms with Crippen LogP contribution in [0.5, 0.6) is 5.75 Å². The van der Waals surface area contributed by atoms with Gasteiger partial charge in [0.15, 0.2) is 0 Å². The van der Waals surface area contributed by atoms with Gasteiger partial charge in [-0.15, -0.1) is 0 Å². The van der Waals surface area contributed by atoms with E-state index >= 15 is 0 Å². The van der Waals surface area contributed by atoms with Crippen molar-refractivity contribution in [3.05, 3.63) is 29.8 Å². The third-order valence-corrected chi connectivity index (χ3v) is 4.08. The minimum atomic E-state index is 0.751. The second-order valence-corrected chi connectivity index (χ2v) is 5.54. The molecule has 0 bridgehead atoms. The Hall–Kier alpha value is -1.85. The van der Waals surface area contributed by atoms with Crippen molar-refractivity contribution in [3.63, 3.8) is 0 Å². The van der Waals surface area contributed by atoms with Crippen molar-refractivity contribution < 1.29 is 4.74 Å². The number of aromatic nitrogens is 1. The lowest BCUT2D eigenvalue weighted by atomic mass is 10.1. The first-order chi connectivity index (χ1) is 10.3. The fourth-order valence-electron chi connectivity index (χ4n) is 2.92. The topological polar surface area (TPSA) is 63.4 Å². The molecule has 3 N–H and O–H groups in total. The number of hydrazine groups is 1. The Balaban J connectivity index is 1.93. The number of rotatable bonds is 4. The number of pyridine rings is 1. The number of methoxy groups -OCH3 is 1. The average Bonchev–Trinajstić information content (AvgIpc) is 2.54. The van der Waals surface area contributed by atoms with Gasteiger partial charge in [-0.1, -0.05) is 6.42 Å². The van der Waals surface area contributed by atoms with E-state index in [0.29, 0.717) is 0 Å². The second-order valence-electron chi connectivity index (χ2n) is 5.54. The number of hydrogen-bond donors (Lipinski definition) is 2. The first-order valence-electron chi connectivity index (χ1n) is 7.47. The molecular weight excluding hydrogens is 264 g/mol. The summed E-state index contributed by atoms with van der Waals surface area (Å²) in [6, 6.07) is 8.11. The van der Waals surface area contributed by atoms with E-state index in [9.17, 15) is 0 Å². The Kier molecular flexibility index (Phi) is 4.22. The van der Waals surface area contributed by atoms with E-state index in [1.165, 1.54) is 19.3 Å². The van der Waals surface area contributed by atoms with Gasteiger partial charge in [0.25, 0.3) is 0 Å². The monoisotopic (exact) mass is 286 g/mol. The van der Waals surface area contributed by atoms with Gasteiger partial charge in [-0.3, -0.25) is 4.90 Å². The van der Waals surface area contributed by atoms with E-state index in [4.69, 9.17) is 10.6 Å². The molecule has 1 aromatic heterocycles. The number of fused-ring (bicyclic) bond motifs is 1. The molecule has 0 saturated carbocycles. The number of likely N-dealkylation sites (tertiary alicyclic amines) is 1. The van der Waals surface area contributed by atoms with Crippen molar-refractivity contribution in [2.75, 3.05) is 25.6 Å². The lowest BCUT2D eigenvalue weighted by Crippen LogP contribution is -2.29. The molecule has 2 heterocycles. The number of nitrogens with two attached hydrogens (primary N) is 1. The Morgan fingerprint density at radius 3 is 2.76 bits per heavy atom. The number of anilines is 1. The highest BCUT2D eigenvalue weighted by atomic mass is 16.5. The lowest BCUT2D eigenvalue weighted by molar-refractivity contribution is 0.221. The molecule has 112 valence electrons. The maximum atomic E-state index is 5.66. The molecule has 0 unspecified atom stereocenters. The third kappa shape index (κ3) is 3.09. The molecule has 1 aliphatic rings. The van der Waals surface area contributed by atoms with Gasteiger partial charge in [-0.25, -0.2) is 10.8 Å². The van der Waals surface area contributed by atoms with Crippen LogP contribution in [0.15, 0.2) is 24.3 Å². The molecule has 3 rings (SSSR count). The Morgan fingerprint density at radius 1 is 1.24 bits per heavy atom. The molecule has 1 fully saturated rings. The predicted molar refractivity (Wildman–Crippen MR) is 85.2 cm³/mol. The Labute approximate surface area is 125 Å². The van der Waals surface area contributed by atoms with E-state index in [-0.39, 0.29) is 0 Å². The SMILES string of the molecule is COc1ccc2cc(CN3CCCCC3)c(NN)nc2c1. The van der Waals surface area contributed by atoms with Crippen molar-refractivity contribution in [2.45, 2.75) is 25.8 Å². The summed E-state index contributed by atoms with van der Waals surface area (Å²) in [4.78, 5) is 7.09. The number of nitrogen functional groups attached to an aromatic ring is 1. The van der Waals surface area contributed by atoms with E-state index in [2.05, 4.69) is 21.4 Å². The molecule has 0 radical (unpaired) electrons. The molecular formula is C16H22N4O. The largest absolute Gasteiger partial charge is 0.497 e. The smallest absolute Gasteiger partial charge is 0.145 e. The lowest BCUT2D eigenvalue weighted by Gasteiger charge is -2.27. The van der Waals surface area contributed by atoms with Gasteiger partial charge in [0, 0.05) is 23.6 Å². The van der Waals surface area contributed by atoms with Crippen molar-refractivity contribution in [3.8, 4) is 5.75 Å². The van der Waals surface area contributed by atoms with Crippen LogP contribution in [0.3, 0.4) is 0 Å². The molecule has 2 aromatic rings. The first-order valence-corrected chi connectivity index (χ1v) is 7.47. The standard InChI is InChI=1S/C16H22N4O/c1-21-14-6-5-12-9-13(11-20-7-3-2-4-8-20)16(19-17)18-15(12)10-14/h5-6,9-10H,2-4,7-8,11,17H2,1H3,(H,18,19). The summed E-state index contributed by atoms with van der Waals surface area (Å²) < 4.78 is 5.25. The minimum absolute atomic E-state index is 0.751. The molecule has 1 saturated heterocycles. The van der Waals surface area contributed by atoms with Crippen LogP contribution in [-0.2, 0) is 6.54 Å². The molecule has 0 spiro atoms. The average molecular weight is 286 g/mol. The highest BCUT2D eigenvalue weighted by Crippen LogP contribution is 2.25. The Morgan fingerprint density at radius 2 is 2.05 bits per heavy atom. The fraction of sp³-hybridized carbons (Fsp3) is 0.438. The molecule has 21 heavy (non-hydrogen) atoms. The van der Waals surface area contributed by atoms with Gasteiger partial charge in [-0.05, 0) is 44.1 Å². The summed E-state index contributed by atoms with van der Waals surface area (Å²) >= 11 is 0. The summed E-state index contributed by atoms with van der Waals surface area (Å²) in [7, 11) is 1.66. The van der Waals surface area contributed by atoms with Crippen LogP contribution < -0.4 is 16.0 Å². The molecule has 0 amide bonds. The van der Waals surface area contributed by atoms with Gasteiger partial charge in [0.1, 0.15) is 11.6 Å². The summed E-state index contributed by atoms with van der Waals surface area (Å²) in [5.74, 6) is 7.21. The van der Waals surface area contributed by atoms with E-state index < -0.39 is 0 Å². The number of hydrogen-bond acceptors (Lipinski definition) is 5. The maximum Gasteiger partial charge on any atom is 0.145 e. The Bertz CT molecular complexity index is 623. The summed E-state index contributed by atoms with van der Waals surface area (Å²) in [6.07, 6.45) is 3.90. The summed E-state index contributed by atoms with van der Waals surface area (Å²) in [5, 5.41) is 1.11. The van der Waals surface area contributed by atoms with Crippen LogP contribution in [0.4, 0.5) is 5.82 Å². The van der Waals surface area contributed by atoms with Crippen LogP contribution >= 0.6 is 0 Å². The summed E-state index contributed by atoms with van der Waals surface area (Å²) in [5.41, 5.74) is 4.78. The number of benzene rings is 1. The fourth-order valence-corrected chi connectivity index (χ4v) is 2.92. The molecule has 1 aliphatic heterocycles. The molecule has 5 nitrogen and oxygen atoms in total. The van der Waals surface area contributed by atoms with Crippen LogP contribution in [0, 0.1) is 0 Å². The quantitative estimate of drug-likeness (QED) is 0.668. The van der Waals surface area contributed by atoms with Gasteiger partial charge >= 0.3 is 0 Å². The predicted octanol–water partition coefficient (Wildman–Crippen LogP) is 2.51. The van der Waals surface area contributed by atoms with Gasteiger partial charge < -0.3 is 10.2 Å². The van der Waals surface area contributed by atoms with Crippen LogP contribution in [0.2, 0.25) is 0 Å². The van der Waals surface area contributed by atoms with E-state index in [0.717, 1.165) is 47.7 Å². The number of piperidine rings is 1. The van der Waals surface area contributed by atoms with Crippen molar-refractivity contribution in [2.24, 2.45) is 5.84 Å². The van der Waals surface area contributed by atoms with Crippen LogP contribution in [0.25, 0.3) is 10.9 Å². The summed E-state index contributed by atoms with van der Waals surface area (Å²) in [6.45, 7) is 3.21. The van der Waals surface area contributed by atoms with Gasteiger partial charge in [0.2, 0.25) is 0 Å². The van der Waals surface area contributed by atoms with Crippen molar-refractivity contribution in [1.29, 1.82) is 0 Å². The molecule has 1 aromatic carbocycles. The van der Waals surface area contributed by atoms with Crippen LogP contribution in [0.1, 0.15) is 24.8 Å². The maximum absolute atomic E-state index is 5.66. The zero-order valence-corrected chi connectivity index (χ0v) is 12.4. The molecule has 5 heteroatoms. The number of nitrogens with one attached hydrogen (secondary N) is 1. The highest BCUT2D eigenvalue weighted by molar-refractivity contribution is 5.83. The van der Waals surface area contributed by atoms with E-state index in [1.807, 2.05) is 18.2 Å². The van der Waals surface area contributed by atoms with Crippen molar-refractivity contribution in [1.82, 2.24) is 9.88 Å². The normalized spacial score (nSPS) is 16.1. The van der Waals surface area contributed by atoms with E-state index in [1.54, 1.807) is 7.11 Å². The molecule has 0 atom stereocenters. The number of nitrogens with zero attached hydrogens (tertiary/aromatic N) is 2. The zero-order chi connectivity index (χ0) is 14.7. The third-order valence-electron chi connectivity index (χ3n) is 4.08.